The molecule has 5 rings (SSSR count). The highest BCUT2D eigenvalue weighted by Crippen LogP contribution is 2.23. The third kappa shape index (κ3) is 6.06. The maximum atomic E-state index is 13.6. The highest BCUT2D eigenvalue weighted by Gasteiger charge is 2.26. The highest BCUT2D eigenvalue weighted by atomic mass is 79.9. The first-order chi connectivity index (χ1) is 19.2. The molecule has 0 saturated carbocycles. The first-order valence-corrected chi connectivity index (χ1v) is 14.6. The molecule has 0 radical (unpaired) electrons. The number of halogens is 1. The van der Waals surface area contributed by atoms with Crippen LogP contribution in [0.15, 0.2) is 104 Å². The molecule has 40 heavy (non-hydrogen) atoms. The Labute approximate surface area is 240 Å². The third-order valence-electron chi connectivity index (χ3n) is 6.20. The van der Waals surface area contributed by atoms with Crippen molar-refractivity contribution in [2.24, 2.45) is 5.10 Å². The lowest BCUT2D eigenvalue weighted by molar-refractivity contribution is 0.0948. The largest absolute Gasteiger partial charge is 0.459 e. The zero-order valence-electron chi connectivity index (χ0n) is 21.8. The number of nitrogens with one attached hydrogen (secondary N) is 1. The third-order valence-corrected chi connectivity index (χ3v) is 8.48. The van der Waals surface area contributed by atoms with Gasteiger partial charge in [0, 0.05) is 17.2 Å². The summed E-state index contributed by atoms with van der Waals surface area (Å²) in [6.07, 6.45) is 3.13. The van der Waals surface area contributed by atoms with Crippen molar-refractivity contribution in [3.63, 3.8) is 0 Å². The summed E-state index contributed by atoms with van der Waals surface area (Å²) in [7, 11) is -3.81. The number of amides is 1. The fraction of sp³-hybridized carbons (Fsp3) is 0.138. The molecule has 9 nitrogen and oxygen atoms in total. The summed E-state index contributed by atoms with van der Waals surface area (Å²) in [6.45, 7) is 3.85. The second-order valence-corrected chi connectivity index (χ2v) is 12.0. The Balaban J connectivity index is 1.32. The molecule has 11 heteroatoms. The summed E-state index contributed by atoms with van der Waals surface area (Å²) in [5, 5.41) is 4.03. The predicted molar refractivity (Wildman–Crippen MR) is 155 cm³/mol. The molecule has 0 bridgehead atoms. The average Bonchev–Trinajstić information content (AvgIpc) is 3.51. The number of carbonyl (C=O) groups excluding carboxylic acids is 1. The Hall–Kier alpha value is -4.06. The topological polar surface area (TPSA) is 109 Å². The number of rotatable bonds is 9. The van der Waals surface area contributed by atoms with Crippen LogP contribution in [0.5, 0.6) is 0 Å². The van der Waals surface area contributed by atoms with Gasteiger partial charge >= 0.3 is 0 Å². The lowest BCUT2D eigenvalue weighted by atomic mass is 10.2. The second-order valence-electron chi connectivity index (χ2n) is 9.20. The number of hydrazone groups is 1. The van der Waals surface area contributed by atoms with Crippen LogP contribution in [0.3, 0.4) is 0 Å². The van der Waals surface area contributed by atoms with Crippen LogP contribution >= 0.6 is 15.9 Å². The molecule has 0 aliphatic heterocycles. The standard InChI is InChI=1S/C29H26BrN5O4S/c1-20-8-13-26(14-9-20)40(37,38)34(17-22-6-4-3-5-7-22)19-25-12-11-24(39-25)16-31-33-29(36)28-21(2)32-27-15-10-23(30)18-35(27)28/h3-16,18H,17,19H2,1-2H3,(H,33,36)/b31-16+. The van der Waals surface area contributed by atoms with Gasteiger partial charge in [-0.1, -0.05) is 48.0 Å². The number of benzene rings is 2. The molecule has 0 unspecified atom stereocenters. The number of fused-ring (bicyclic) bond motifs is 1. The molecule has 0 fully saturated rings. The molecular weight excluding hydrogens is 594 g/mol. The molecule has 1 N–H and O–H groups in total. The van der Waals surface area contributed by atoms with Crippen molar-refractivity contribution in [3.8, 4) is 0 Å². The molecule has 0 aliphatic rings. The second kappa shape index (κ2) is 11.6. The minimum atomic E-state index is -3.81. The number of nitrogens with zero attached hydrogens (tertiary/aromatic N) is 4. The lowest BCUT2D eigenvalue weighted by Crippen LogP contribution is -2.30. The molecular formula is C29H26BrN5O4S. The van der Waals surface area contributed by atoms with Crippen molar-refractivity contribution in [1.82, 2.24) is 19.1 Å². The minimum absolute atomic E-state index is 0.0151. The smallest absolute Gasteiger partial charge is 0.290 e. The molecule has 0 aliphatic carbocycles. The van der Waals surface area contributed by atoms with Gasteiger partial charge < -0.3 is 4.42 Å². The number of furan rings is 1. The minimum Gasteiger partial charge on any atom is -0.459 e. The van der Waals surface area contributed by atoms with E-state index in [1.165, 1.54) is 10.5 Å². The van der Waals surface area contributed by atoms with Crippen molar-refractivity contribution >= 4 is 43.7 Å². The number of aromatic nitrogens is 2. The normalized spacial score (nSPS) is 12.0. The predicted octanol–water partition coefficient (Wildman–Crippen LogP) is 5.46. The number of carbonyl (C=O) groups is 1. The molecule has 5 aromatic rings. The number of imidazole rings is 1. The van der Waals surface area contributed by atoms with Gasteiger partial charge in [-0.2, -0.15) is 9.41 Å². The van der Waals surface area contributed by atoms with E-state index in [-0.39, 0.29) is 18.0 Å². The van der Waals surface area contributed by atoms with E-state index < -0.39 is 15.9 Å². The highest BCUT2D eigenvalue weighted by molar-refractivity contribution is 9.10. The molecule has 0 saturated heterocycles. The van der Waals surface area contributed by atoms with Crippen LogP contribution in [0, 0.1) is 13.8 Å². The maximum absolute atomic E-state index is 13.6. The van der Waals surface area contributed by atoms with Gasteiger partial charge in [-0.25, -0.2) is 18.8 Å². The monoisotopic (exact) mass is 619 g/mol. The SMILES string of the molecule is Cc1ccc(S(=O)(=O)N(Cc2ccccc2)Cc2ccc(/C=N/NC(=O)c3c(C)nc4ccc(Br)cn34)o2)cc1. The van der Waals surface area contributed by atoms with Crippen LogP contribution in [-0.4, -0.2) is 34.2 Å². The van der Waals surface area contributed by atoms with Gasteiger partial charge in [0.15, 0.2) is 0 Å². The Kier molecular flexibility index (Phi) is 7.97. The van der Waals surface area contributed by atoms with Crippen molar-refractivity contribution in [2.75, 3.05) is 0 Å². The zero-order chi connectivity index (χ0) is 28.3. The zero-order valence-corrected chi connectivity index (χ0v) is 24.2. The van der Waals surface area contributed by atoms with Gasteiger partial charge in [-0.15, -0.1) is 0 Å². The fourth-order valence-electron chi connectivity index (χ4n) is 4.21. The van der Waals surface area contributed by atoms with E-state index in [0.717, 1.165) is 15.6 Å². The number of hydrogen-bond acceptors (Lipinski definition) is 6. The molecule has 2 aromatic carbocycles. The van der Waals surface area contributed by atoms with Gasteiger partial charge in [-0.05, 0) is 71.7 Å². The first kappa shape index (κ1) is 27.5. The molecule has 204 valence electrons. The van der Waals surface area contributed by atoms with Crippen LogP contribution in [-0.2, 0) is 23.1 Å². The van der Waals surface area contributed by atoms with E-state index >= 15 is 0 Å². The van der Waals surface area contributed by atoms with Crippen molar-refractivity contribution in [1.29, 1.82) is 0 Å². The van der Waals surface area contributed by atoms with Crippen molar-refractivity contribution in [2.45, 2.75) is 31.8 Å². The summed E-state index contributed by atoms with van der Waals surface area (Å²) in [4.78, 5) is 17.4. The van der Waals surface area contributed by atoms with E-state index in [9.17, 15) is 13.2 Å². The van der Waals surface area contributed by atoms with Crippen LogP contribution in [0.2, 0.25) is 0 Å². The van der Waals surface area contributed by atoms with E-state index in [1.807, 2.05) is 49.4 Å². The molecule has 3 heterocycles. The van der Waals surface area contributed by atoms with E-state index in [2.05, 4.69) is 31.4 Å². The van der Waals surface area contributed by atoms with Crippen LogP contribution in [0.1, 0.15) is 38.8 Å². The van der Waals surface area contributed by atoms with Gasteiger partial charge in [0.05, 0.1) is 23.3 Å². The van der Waals surface area contributed by atoms with Gasteiger partial charge in [0.2, 0.25) is 10.0 Å². The van der Waals surface area contributed by atoms with Crippen molar-refractivity contribution < 1.29 is 17.6 Å². The molecule has 3 aromatic heterocycles. The van der Waals surface area contributed by atoms with Crippen LogP contribution < -0.4 is 5.43 Å². The van der Waals surface area contributed by atoms with E-state index in [0.29, 0.717) is 28.6 Å². The fourth-order valence-corrected chi connectivity index (χ4v) is 5.94. The average molecular weight is 621 g/mol. The van der Waals surface area contributed by atoms with Gasteiger partial charge in [0.25, 0.3) is 5.91 Å². The molecule has 0 atom stereocenters. The quantitative estimate of drug-likeness (QED) is 0.174. The molecule has 1 amide bonds. The van der Waals surface area contributed by atoms with Gasteiger partial charge in [-0.3, -0.25) is 9.20 Å². The Morgan fingerprint density at radius 3 is 2.52 bits per heavy atom. The van der Waals surface area contributed by atoms with Crippen LogP contribution in [0.4, 0.5) is 0 Å². The van der Waals surface area contributed by atoms with E-state index in [4.69, 9.17) is 4.42 Å². The number of aryl methyl sites for hydroxylation is 2. The Bertz CT molecular complexity index is 1800. The molecule has 0 spiro atoms. The summed E-state index contributed by atoms with van der Waals surface area (Å²) in [6, 6.07) is 23.2. The number of pyridine rings is 1. The van der Waals surface area contributed by atoms with Gasteiger partial charge in [0.1, 0.15) is 22.9 Å². The number of hydrogen-bond donors (Lipinski definition) is 1. The Morgan fingerprint density at radius 2 is 1.77 bits per heavy atom. The lowest BCUT2D eigenvalue weighted by Gasteiger charge is -2.21. The summed E-state index contributed by atoms with van der Waals surface area (Å²) >= 11 is 3.41. The maximum Gasteiger partial charge on any atom is 0.290 e. The summed E-state index contributed by atoms with van der Waals surface area (Å²) in [5.74, 6) is 0.367. The first-order valence-electron chi connectivity index (χ1n) is 12.4. The van der Waals surface area contributed by atoms with Crippen molar-refractivity contribution in [3.05, 3.63) is 124 Å². The summed E-state index contributed by atoms with van der Waals surface area (Å²) < 4.78 is 36.8. The number of sulfonamides is 1. The Morgan fingerprint density at radius 1 is 1.02 bits per heavy atom. The van der Waals surface area contributed by atoms with Crippen LogP contribution in [0.25, 0.3) is 5.65 Å². The summed E-state index contributed by atoms with van der Waals surface area (Å²) in [5.41, 5.74) is 5.91. The van der Waals surface area contributed by atoms with E-state index in [1.54, 1.807) is 53.9 Å².